The van der Waals surface area contributed by atoms with Crippen LogP contribution in [0.15, 0.2) is 6.07 Å². The summed E-state index contributed by atoms with van der Waals surface area (Å²) in [6, 6.07) is 2.98. The van der Waals surface area contributed by atoms with E-state index in [-0.39, 0.29) is 0 Å². The van der Waals surface area contributed by atoms with Gasteiger partial charge in [0, 0.05) is 37.3 Å². The fourth-order valence-corrected chi connectivity index (χ4v) is 4.03. The summed E-state index contributed by atoms with van der Waals surface area (Å²) in [6.45, 7) is 10.2. The molecule has 1 aliphatic carbocycles. The van der Waals surface area contributed by atoms with E-state index in [2.05, 4.69) is 56.3 Å². The predicted octanol–water partition coefficient (Wildman–Crippen LogP) is 1.37. The average Bonchev–Trinajstić information content (AvgIpc) is 3.01. The smallest absolute Gasteiger partial charge is 0.147 e. The van der Waals surface area contributed by atoms with Gasteiger partial charge in [-0.25, -0.2) is 0 Å². The third kappa shape index (κ3) is 2.65. The molecule has 7 heteroatoms. The number of aryl methyl sites for hydroxylation is 2. The number of hydrogen-bond donors (Lipinski definition) is 1. The van der Waals surface area contributed by atoms with E-state index in [1.807, 2.05) is 0 Å². The molecule has 130 valence electrons. The molecule has 1 saturated carbocycles. The van der Waals surface area contributed by atoms with Crippen molar-refractivity contribution in [2.45, 2.75) is 64.7 Å². The van der Waals surface area contributed by atoms with Crippen LogP contribution in [0.3, 0.4) is 0 Å². The van der Waals surface area contributed by atoms with Crippen molar-refractivity contribution in [3.63, 3.8) is 0 Å². The van der Waals surface area contributed by atoms with E-state index in [9.17, 15) is 0 Å². The third-order valence-corrected chi connectivity index (χ3v) is 5.41. The molecule has 2 aromatic heterocycles. The van der Waals surface area contributed by atoms with Crippen LogP contribution in [0.4, 0.5) is 0 Å². The zero-order valence-electron chi connectivity index (χ0n) is 14.8. The van der Waals surface area contributed by atoms with Gasteiger partial charge in [0.25, 0.3) is 0 Å². The Bertz CT molecular complexity index is 719. The Morgan fingerprint density at radius 1 is 1.21 bits per heavy atom. The second kappa shape index (κ2) is 5.97. The minimum Gasteiger partial charge on any atom is -0.328 e. The Hall–Kier alpha value is -1.73. The van der Waals surface area contributed by atoms with Gasteiger partial charge in [-0.05, 0) is 39.7 Å². The summed E-state index contributed by atoms with van der Waals surface area (Å²) in [7, 11) is 0. The van der Waals surface area contributed by atoms with Crippen LogP contribution in [-0.4, -0.2) is 48.6 Å². The van der Waals surface area contributed by atoms with Gasteiger partial charge in [0.15, 0.2) is 0 Å². The minimum atomic E-state index is 0.345. The number of nitrogens with two attached hydrogens (primary N) is 1. The molecule has 2 aromatic rings. The maximum absolute atomic E-state index is 5.93. The van der Waals surface area contributed by atoms with Gasteiger partial charge < -0.3 is 10.3 Å². The highest BCUT2D eigenvalue weighted by molar-refractivity contribution is 5.11. The summed E-state index contributed by atoms with van der Waals surface area (Å²) in [6.07, 6.45) is 2.09. The van der Waals surface area contributed by atoms with Gasteiger partial charge in [0.1, 0.15) is 11.6 Å². The van der Waals surface area contributed by atoms with Crippen molar-refractivity contribution in [2.75, 3.05) is 13.1 Å². The molecule has 0 amide bonds. The first-order chi connectivity index (χ1) is 11.5. The summed E-state index contributed by atoms with van der Waals surface area (Å²) >= 11 is 0. The van der Waals surface area contributed by atoms with Gasteiger partial charge in [-0.15, -0.1) is 10.2 Å². The predicted molar refractivity (Wildman–Crippen MR) is 91.7 cm³/mol. The molecular weight excluding hydrogens is 302 g/mol. The molecular formula is C17H27N7. The summed E-state index contributed by atoms with van der Waals surface area (Å²) in [5.41, 5.74) is 8.27. The second-order valence-corrected chi connectivity index (χ2v) is 7.37. The van der Waals surface area contributed by atoms with E-state index in [0.717, 1.165) is 56.4 Å². The van der Waals surface area contributed by atoms with Crippen LogP contribution in [-0.2, 0) is 13.1 Å². The van der Waals surface area contributed by atoms with Crippen LogP contribution in [0.1, 0.15) is 54.8 Å². The van der Waals surface area contributed by atoms with Crippen LogP contribution in [0.2, 0.25) is 0 Å². The van der Waals surface area contributed by atoms with Gasteiger partial charge in [0.05, 0.1) is 18.3 Å². The number of likely N-dealkylation sites (tertiary alicyclic amines) is 1. The number of aromatic nitrogens is 5. The lowest BCUT2D eigenvalue weighted by Crippen LogP contribution is -2.48. The molecule has 0 radical (unpaired) electrons. The van der Waals surface area contributed by atoms with Crippen molar-refractivity contribution in [1.82, 2.24) is 29.4 Å². The van der Waals surface area contributed by atoms with Crippen LogP contribution >= 0.6 is 0 Å². The zero-order valence-corrected chi connectivity index (χ0v) is 14.8. The largest absolute Gasteiger partial charge is 0.328 e. The Morgan fingerprint density at radius 3 is 2.54 bits per heavy atom. The quantitative estimate of drug-likeness (QED) is 0.896. The molecule has 2 N–H and O–H groups in total. The van der Waals surface area contributed by atoms with Crippen molar-refractivity contribution in [2.24, 2.45) is 5.73 Å². The summed E-state index contributed by atoms with van der Waals surface area (Å²) in [5.74, 6) is 2.71. The highest BCUT2D eigenvalue weighted by atomic mass is 15.4. The Morgan fingerprint density at radius 2 is 1.96 bits per heavy atom. The standard InChI is InChI=1S/C17H27N7/c1-4-23-16(19-20-17(23)13-6-14(18)7-13)10-22-8-15(9-22)24-12(3)5-11(2)21-24/h5,13-15H,4,6-10,18H2,1-3H3. The molecule has 0 bridgehead atoms. The normalized spacial score (nSPS) is 24.8. The summed E-state index contributed by atoms with van der Waals surface area (Å²) in [4.78, 5) is 2.42. The average molecular weight is 329 g/mol. The molecule has 24 heavy (non-hydrogen) atoms. The monoisotopic (exact) mass is 329 g/mol. The minimum absolute atomic E-state index is 0.345. The fourth-order valence-electron chi connectivity index (χ4n) is 4.03. The van der Waals surface area contributed by atoms with Crippen LogP contribution in [0.5, 0.6) is 0 Å². The fraction of sp³-hybridized carbons (Fsp3) is 0.706. The Balaban J connectivity index is 1.39. The first-order valence-corrected chi connectivity index (χ1v) is 8.97. The van der Waals surface area contributed by atoms with Crippen molar-refractivity contribution >= 4 is 0 Å². The second-order valence-electron chi connectivity index (χ2n) is 7.37. The van der Waals surface area contributed by atoms with Gasteiger partial charge in [-0.3, -0.25) is 9.58 Å². The highest BCUT2D eigenvalue weighted by Gasteiger charge is 2.34. The van der Waals surface area contributed by atoms with E-state index in [4.69, 9.17) is 5.73 Å². The van der Waals surface area contributed by atoms with E-state index in [0.29, 0.717) is 18.0 Å². The summed E-state index contributed by atoms with van der Waals surface area (Å²) in [5, 5.41) is 13.5. The van der Waals surface area contributed by atoms with Crippen LogP contribution < -0.4 is 5.73 Å². The Labute approximate surface area is 142 Å². The SMILES string of the molecule is CCn1c(CN2CC(n3nc(C)cc3C)C2)nnc1C1CC(N)C1. The van der Waals surface area contributed by atoms with Gasteiger partial charge >= 0.3 is 0 Å². The van der Waals surface area contributed by atoms with Gasteiger partial charge in [-0.2, -0.15) is 5.10 Å². The molecule has 4 rings (SSSR count). The number of nitrogens with zero attached hydrogens (tertiary/aromatic N) is 6. The first kappa shape index (κ1) is 15.8. The lowest BCUT2D eigenvalue weighted by molar-refractivity contribution is 0.0851. The zero-order chi connectivity index (χ0) is 16.8. The van der Waals surface area contributed by atoms with Crippen molar-refractivity contribution in [1.29, 1.82) is 0 Å². The van der Waals surface area contributed by atoms with Crippen LogP contribution in [0, 0.1) is 13.8 Å². The maximum atomic E-state index is 5.93. The van der Waals surface area contributed by atoms with Crippen LogP contribution in [0.25, 0.3) is 0 Å². The lowest BCUT2D eigenvalue weighted by Gasteiger charge is -2.39. The molecule has 3 heterocycles. The number of hydrogen-bond acceptors (Lipinski definition) is 5. The molecule has 0 spiro atoms. The molecule has 7 nitrogen and oxygen atoms in total. The molecule has 1 aliphatic heterocycles. The topological polar surface area (TPSA) is 77.8 Å². The molecule has 2 aliphatic rings. The third-order valence-electron chi connectivity index (χ3n) is 5.41. The van der Waals surface area contributed by atoms with Gasteiger partial charge in [0.2, 0.25) is 0 Å². The van der Waals surface area contributed by atoms with Gasteiger partial charge in [-0.1, -0.05) is 0 Å². The molecule has 2 fully saturated rings. The lowest BCUT2D eigenvalue weighted by atomic mass is 9.80. The van der Waals surface area contributed by atoms with E-state index in [1.54, 1.807) is 0 Å². The Kier molecular flexibility index (Phi) is 3.92. The van der Waals surface area contributed by atoms with Crippen molar-refractivity contribution in [3.05, 3.63) is 29.1 Å². The molecule has 0 unspecified atom stereocenters. The van der Waals surface area contributed by atoms with E-state index in [1.165, 1.54) is 5.69 Å². The van der Waals surface area contributed by atoms with Crippen molar-refractivity contribution < 1.29 is 0 Å². The number of rotatable bonds is 5. The molecule has 0 aromatic carbocycles. The highest BCUT2D eigenvalue weighted by Crippen LogP contribution is 2.35. The van der Waals surface area contributed by atoms with E-state index < -0.39 is 0 Å². The summed E-state index contributed by atoms with van der Waals surface area (Å²) < 4.78 is 4.45. The molecule has 1 saturated heterocycles. The first-order valence-electron chi connectivity index (χ1n) is 8.97. The maximum Gasteiger partial charge on any atom is 0.147 e. The van der Waals surface area contributed by atoms with E-state index >= 15 is 0 Å². The molecule has 0 atom stereocenters. The van der Waals surface area contributed by atoms with Crippen molar-refractivity contribution in [3.8, 4) is 0 Å².